The molecule has 2 rings (SSSR count). The maximum absolute atomic E-state index is 13.9. The smallest absolute Gasteiger partial charge is 0.327 e. The molecule has 5 amide bonds. The van der Waals surface area contributed by atoms with Gasteiger partial charge in [-0.3, -0.25) is 24.0 Å². The molecule has 0 saturated carbocycles. The van der Waals surface area contributed by atoms with E-state index in [4.69, 9.17) is 4.74 Å². The van der Waals surface area contributed by atoms with Gasteiger partial charge in [-0.1, -0.05) is 94.8 Å². The molecular weight excluding hydrogens is 710 g/mol. The average molecular weight is 768 g/mol. The number of nitrogens with zero attached hydrogens (tertiary/aromatic N) is 1. The van der Waals surface area contributed by atoms with Crippen molar-refractivity contribution in [2.24, 2.45) is 23.7 Å². The minimum Gasteiger partial charge on any atom is -0.480 e. The van der Waals surface area contributed by atoms with Crippen molar-refractivity contribution >= 4 is 41.5 Å². The van der Waals surface area contributed by atoms with E-state index in [1.54, 1.807) is 33.1 Å². The fourth-order valence-corrected chi connectivity index (χ4v) is 6.11. The highest BCUT2D eigenvalue weighted by atomic mass is 16.5. The molecule has 8 unspecified atom stereocenters. The molecule has 0 aliphatic carbocycles. The molecule has 1 aromatic carbocycles. The molecule has 1 aliphatic rings. The van der Waals surface area contributed by atoms with Gasteiger partial charge in [0.2, 0.25) is 23.6 Å². The molecular formula is C40H57N5O10. The van der Waals surface area contributed by atoms with Gasteiger partial charge in [0, 0.05) is 26.5 Å². The lowest BCUT2D eigenvalue weighted by atomic mass is 9.94. The minimum atomic E-state index is -1.75. The average Bonchev–Trinajstić information content (AvgIpc) is 3.13. The lowest BCUT2D eigenvalue weighted by Gasteiger charge is -2.29. The van der Waals surface area contributed by atoms with E-state index in [1.807, 2.05) is 50.3 Å². The Morgan fingerprint density at radius 2 is 1.53 bits per heavy atom. The van der Waals surface area contributed by atoms with Crippen molar-refractivity contribution in [2.75, 3.05) is 14.2 Å². The van der Waals surface area contributed by atoms with Gasteiger partial charge in [0.1, 0.15) is 23.8 Å². The van der Waals surface area contributed by atoms with E-state index in [0.717, 1.165) is 16.0 Å². The quantitative estimate of drug-likeness (QED) is 0.151. The number of ether oxygens (including phenoxy) is 1. The van der Waals surface area contributed by atoms with Crippen molar-refractivity contribution in [3.8, 4) is 0 Å². The fourth-order valence-electron chi connectivity index (χ4n) is 6.11. The number of aliphatic carboxylic acids is 2. The maximum Gasteiger partial charge on any atom is 0.327 e. The summed E-state index contributed by atoms with van der Waals surface area (Å²) in [6.45, 7) is 11.4. The van der Waals surface area contributed by atoms with Crippen LogP contribution in [-0.4, -0.2) is 101 Å². The summed E-state index contributed by atoms with van der Waals surface area (Å²) < 4.78 is 5.78. The number of rotatable bonds is 10. The highest BCUT2D eigenvalue weighted by Crippen LogP contribution is 2.19. The first kappa shape index (κ1) is 45.8. The molecule has 15 heteroatoms. The van der Waals surface area contributed by atoms with Crippen LogP contribution in [0.1, 0.15) is 66.9 Å². The van der Waals surface area contributed by atoms with Crippen LogP contribution in [0, 0.1) is 23.7 Å². The number of methoxy groups -OCH3 is 1. The van der Waals surface area contributed by atoms with Gasteiger partial charge in [-0.05, 0) is 38.2 Å². The Labute approximate surface area is 323 Å². The fraction of sp³-hybridized carbons (Fsp3) is 0.525. The van der Waals surface area contributed by atoms with Crippen LogP contribution in [0.4, 0.5) is 0 Å². The number of nitrogens with one attached hydrogen (secondary N) is 4. The third-order valence-electron chi connectivity index (χ3n) is 9.74. The minimum absolute atomic E-state index is 0.0384. The molecule has 0 spiro atoms. The highest BCUT2D eigenvalue weighted by Gasteiger charge is 2.37. The number of carboxylic acid groups (broad SMARTS) is 2. The zero-order valence-corrected chi connectivity index (χ0v) is 33.1. The summed E-state index contributed by atoms with van der Waals surface area (Å²) in [6, 6.07) is 4.42. The second-order valence-electron chi connectivity index (χ2n) is 14.3. The van der Waals surface area contributed by atoms with Gasteiger partial charge >= 0.3 is 11.9 Å². The van der Waals surface area contributed by atoms with Crippen molar-refractivity contribution in [3.63, 3.8) is 0 Å². The second-order valence-corrected chi connectivity index (χ2v) is 14.3. The second kappa shape index (κ2) is 21.5. The van der Waals surface area contributed by atoms with Crippen molar-refractivity contribution in [2.45, 2.75) is 98.0 Å². The molecule has 1 heterocycles. The molecule has 0 bridgehead atoms. The van der Waals surface area contributed by atoms with E-state index < -0.39 is 89.8 Å². The van der Waals surface area contributed by atoms with E-state index in [2.05, 4.69) is 21.3 Å². The van der Waals surface area contributed by atoms with Crippen molar-refractivity contribution in [3.05, 3.63) is 71.5 Å². The number of hydrogen-bond acceptors (Lipinski definition) is 8. The lowest BCUT2D eigenvalue weighted by Crippen LogP contribution is -2.57. The zero-order valence-electron chi connectivity index (χ0n) is 33.1. The van der Waals surface area contributed by atoms with Crippen molar-refractivity contribution < 1.29 is 48.5 Å². The van der Waals surface area contributed by atoms with Crippen LogP contribution >= 0.6 is 0 Å². The monoisotopic (exact) mass is 767 g/mol. The Kier molecular flexibility index (Phi) is 18.0. The first-order valence-corrected chi connectivity index (χ1v) is 18.4. The van der Waals surface area contributed by atoms with Gasteiger partial charge in [-0.25, -0.2) is 9.59 Å². The van der Waals surface area contributed by atoms with Gasteiger partial charge in [-0.2, -0.15) is 0 Å². The first-order chi connectivity index (χ1) is 25.8. The van der Waals surface area contributed by atoms with Crippen LogP contribution in [0.15, 0.2) is 65.9 Å². The molecule has 6 N–H and O–H groups in total. The number of amides is 5. The van der Waals surface area contributed by atoms with Crippen LogP contribution in [0.5, 0.6) is 0 Å². The molecule has 302 valence electrons. The Balaban J connectivity index is 2.57. The summed E-state index contributed by atoms with van der Waals surface area (Å²) in [5, 5.41) is 30.1. The van der Waals surface area contributed by atoms with E-state index in [1.165, 1.54) is 33.9 Å². The van der Waals surface area contributed by atoms with Gasteiger partial charge < -0.3 is 41.1 Å². The topological polar surface area (TPSA) is 221 Å². The van der Waals surface area contributed by atoms with Gasteiger partial charge in [0.05, 0.1) is 24.0 Å². The van der Waals surface area contributed by atoms with Gasteiger partial charge in [0.15, 0.2) is 0 Å². The molecule has 1 fully saturated rings. The molecule has 55 heavy (non-hydrogen) atoms. The van der Waals surface area contributed by atoms with E-state index in [0.29, 0.717) is 6.42 Å². The third kappa shape index (κ3) is 13.5. The summed E-state index contributed by atoms with van der Waals surface area (Å²) in [7, 11) is 2.91. The predicted octanol–water partition coefficient (Wildman–Crippen LogP) is 2.58. The number of likely N-dealkylation sites (N-methyl/N-ethyl adjacent to an activating group) is 1. The summed E-state index contributed by atoms with van der Waals surface area (Å²) in [6.07, 6.45) is 6.37. The molecule has 1 saturated heterocycles. The molecule has 8 atom stereocenters. The van der Waals surface area contributed by atoms with Crippen LogP contribution in [0.3, 0.4) is 0 Å². The van der Waals surface area contributed by atoms with Crippen LogP contribution in [-0.2, 0) is 44.7 Å². The van der Waals surface area contributed by atoms with Crippen molar-refractivity contribution in [1.82, 2.24) is 26.2 Å². The van der Waals surface area contributed by atoms with E-state index in [-0.39, 0.29) is 24.1 Å². The summed E-state index contributed by atoms with van der Waals surface area (Å²) >= 11 is 0. The normalized spacial score (nSPS) is 26.3. The number of carbonyl (C=O) groups is 7. The van der Waals surface area contributed by atoms with Crippen LogP contribution in [0.25, 0.3) is 0 Å². The van der Waals surface area contributed by atoms with E-state index >= 15 is 0 Å². The summed E-state index contributed by atoms with van der Waals surface area (Å²) in [5.74, 6) is -9.82. The van der Waals surface area contributed by atoms with Crippen LogP contribution in [0.2, 0.25) is 0 Å². The lowest BCUT2D eigenvalue weighted by molar-refractivity contribution is -0.146. The number of allylic oxidation sites excluding steroid dienone is 3. The highest BCUT2D eigenvalue weighted by molar-refractivity contribution is 6.00. The van der Waals surface area contributed by atoms with Crippen LogP contribution < -0.4 is 21.3 Å². The molecule has 0 radical (unpaired) electrons. The number of carboxylic acids is 2. The standard InChI is InChI=1S/C40H57N5O10/c1-10-30-37(49)44-34(40(53)54)26(7)36(48)43-33(22(2)3)38(50)41-28(25(6)35(47)42-29(39(51)52)18-19-32(46)45(30)8)17-16-23(4)20-24(5)31(55-9)21-27-14-12-11-13-15-27/h10-17,20,22,24-26,28-29,31,33-34H,18-19,21H2,1-9H3,(H,41,50)(H,42,47)(H,43,48)(H,44,49)(H,51,52)(H,53,54). The largest absolute Gasteiger partial charge is 0.480 e. The van der Waals surface area contributed by atoms with Gasteiger partial charge in [0.25, 0.3) is 5.91 Å². The third-order valence-corrected chi connectivity index (χ3v) is 9.74. The Morgan fingerprint density at radius 1 is 0.909 bits per heavy atom. The Hall–Kier alpha value is -5.31. The van der Waals surface area contributed by atoms with E-state index in [9.17, 15) is 43.8 Å². The SMILES string of the molecule is CC=C1C(=O)NC(C(=O)O)C(C)C(=O)NC(C(C)C)C(=O)NC(C=CC(C)=CC(C)C(Cc2ccccc2)OC)C(C)C(=O)NC(C(=O)O)CCC(=O)N1C. The predicted molar refractivity (Wildman–Crippen MR) is 205 cm³/mol. The zero-order chi connectivity index (χ0) is 41.6. The Morgan fingerprint density at radius 3 is 2.07 bits per heavy atom. The molecule has 1 aromatic rings. The summed E-state index contributed by atoms with van der Waals surface area (Å²) in [5.41, 5.74) is 1.66. The van der Waals surface area contributed by atoms with Crippen molar-refractivity contribution in [1.29, 1.82) is 0 Å². The number of hydrogen-bond donors (Lipinski definition) is 6. The molecule has 15 nitrogen and oxygen atoms in total. The molecule has 1 aliphatic heterocycles. The maximum atomic E-state index is 13.9. The first-order valence-electron chi connectivity index (χ1n) is 18.4. The Bertz CT molecular complexity index is 1640. The summed E-state index contributed by atoms with van der Waals surface area (Å²) in [4.78, 5) is 92.8. The number of carbonyl (C=O) groups excluding carboxylic acids is 5. The molecule has 0 aromatic heterocycles. The van der Waals surface area contributed by atoms with Gasteiger partial charge in [-0.15, -0.1) is 0 Å². The number of benzene rings is 1.